The van der Waals surface area contributed by atoms with Crippen LogP contribution in [0.15, 0.2) is 18.3 Å². The fraction of sp³-hybridized carbons (Fsp3) is 0.667. The van der Waals surface area contributed by atoms with E-state index in [1.54, 1.807) is 37.5 Å². The molecule has 2 aliphatic heterocycles. The van der Waals surface area contributed by atoms with Gasteiger partial charge in [-0.25, -0.2) is 4.79 Å². The van der Waals surface area contributed by atoms with Crippen LogP contribution in [0.25, 0.3) is 0 Å². The molecule has 3 rings (SSSR count). The van der Waals surface area contributed by atoms with Crippen LogP contribution in [-0.4, -0.2) is 63.7 Å². The lowest BCUT2D eigenvalue weighted by Gasteiger charge is -2.48. The Morgan fingerprint density at radius 2 is 1.90 bits per heavy atom. The van der Waals surface area contributed by atoms with Crippen LogP contribution in [0.5, 0.6) is 0 Å². The van der Waals surface area contributed by atoms with E-state index in [-0.39, 0.29) is 18.5 Å². The number of aromatic nitrogens is 1. The van der Waals surface area contributed by atoms with Crippen LogP contribution in [0.4, 0.5) is 18.0 Å². The predicted molar refractivity (Wildman–Crippen MR) is 105 cm³/mol. The van der Waals surface area contributed by atoms with Crippen molar-refractivity contribution < 1.29 is 32.2 Å². The quantitative estimate of drug-likeness (QED) is 0.698. The van der Waals surface area contributed by atoms with Gasteiger partial charge in [0.25, 0.3) is 5.91 Å². The van der Waals surface area contributed by atoms with Crippen molar-refractivity contribution in [3.63, 3.8) is 0 Å². The Morgan fingerprint density at radius 1 is 1.26 bits per heavy atom. The Hall–Kier alpha value is -2.36. The minimum atomic E-state index is -4.46. The molecule has 0 aliphatic carbocycles. The lowest BCUT2D eigenvalue weighted by Crippen LogP contribution is -2.61. The molecule has 0 radical (unpaired) electrons. The molecule has 7 nitrogen and oxygen atoms in total. The summed E-state index contributed by atoms with van der Waals surface area (Å²) in [5, 5.41) is 0. The van der Waals surface area contributed by atoms with Gasteiger partial charge in [0.05, 0.1) is 29.9 Å². The normalized spacial score (nSPS) is 22.0. The van der Waals surface area contributed by atoms with Crippen molar-refractivity contribution in [2.45, 2.75) is 70.6 Å². The van der Waals surface area contributed by atoms with Crippen LogP contribution in [0.3, 0.4) is 0 Å². The number of amides is 2. The number of ether oxygens (including phenoxy) is 2. The van der Waals surface area contributed by atoms with Crippen molar-refractivity contribution in [1.29, 1.82) is 0 Å². The summed E-state index contributed by atoms with van der Waals surface area (Å²) >= 11 is 0. The van der Waals surface area contributed by atoms with Gasteiger partial charge in [-0.3, -0.25) is 9.78 Å². The summed E-state index contributed by atoms with van der Waals surface area (Å²) in [4.78, 5) is 32.0. The van der Waals surface area contributed by atoms with Crippen molar-refractivity contribution in [1.82, 2.24) is 14.8 Å². The monoisotopic (exact) mass is 443 g/mol. The topological polar surface area (TPSA) is 72.0 Å². The summed E-state index contributed by atoms with van der Waals surface area (Å²) in [6, 6.07) is 2.25. The van der Waals surface area contributed by atoms with Gasteiger partial charge in [0.2, 0.25) is 0 Å². The molecule has 1 unspecified atom stereocenters. The Morgan fingerprint density at radius 3 is 2.42 bits per heavy atom. The van der Waals surface area contributed by atoms with Gasteiger partial charge < -0.3 is 19.3 Å². The van der Waals surface area contributed by atoms with E-state index < -0.39 is 29.0 Å². The molecule has 1 atom stereocenters. The van der Waals surface area contributed by atoms with E-state index in [2.05, 4.69) is 4.98 Å². The standard InChI is InChI=1S/C21H28F3N3O4/c1-14-17(28)27(12-16-6-5-15(11-25-16)21(22,23)24)13-20(30-14)7-9-26(10-8-20)18(29)31-19(2,3)4/h5-6,11,14H,7-10,12-13H2,1-4H3. The Balaban J connectivity index is 1.65. The van der Waals surface area contributed by atoms with E-state index >= 15 is 0 Å². The minimum Gasteiger partial charge on any atom is -0.444 e. The summed E-state index contributed by atoms with van der Waals surface area (Å²) in [6.07, 6.45) is -3.69. The third-order valence-electron chi connectivity index (χ3n) is 5.40. The second kappa shape index (κ2) is 8.29. The average molecular weight is 443 g/mol. The number of nitrogens with zero attached hydrogens (tertiary/aromatic N) is 3. The Labute approximate surface area is 179 Å². The van der Waals surface area contributed by atoms with Gasteiger partial charge in [0.15, 0.2) is 0 Å². The fourth-order valence-corrected chi connectivity index (χ4v) is 3.86. The van der Waals surface area contributed by atoms with Crippen LogP contribution in [0.2, 0.25) is 0 Å². The number of hydrogen-bond donors (Lipinski definition) is 0. The molecule has 1 aromatic rings. The van der Waals surface area contributed by atoms with Gasteiger partial charge in [-0.2, -0.15) is 13.2 Å². The molecule has 0 aromatic carbocycles. The van der Waals surface area contributed by atoms with Crippen molar-refractivity contribution in [3.8, 4) is 0 Å². The fourth-order valence-electron chi connectivity index (χ4n) is 3.86. The van der Waals surface area contributed by atoms with Gasteiger partial charge in [-0.05, 0) is 52.7 Å². The first-order chi connectivity index (χ1) is 14.3. The van der Waals surface area contributed by atoms with Crippen LogP contribution in [-0.2, 0) is 27.0 Å². The van der Waals surface area contributed by atoms with Gasteiger partial charge >= 0.3 is 12.3 Å². The number of morpholine rings is 1. The first-order valence-corrected chi connectivity index (χ1v) is 10.2. The number of likely N-dealkylation sites (tertiary alicyclic amines) is 1. The van der Waals surface area contributed by atoms with Gasteiger partial charge in [0.1, 0.15) is 11.7 Å². The van der Waals surface area contributed by atoms with Crippen molar-refractivity contribution >= 4 is 12.0 Å². The third-order valence-corrected chi connectivity index (χ3v) is 5.40. The maximum Gasteiger partial charge on any atom is 0.417 e. The maximum absolute atomic E-state index is 12.8. The lowest BCUT2D eigenvalue weighted by molar-refractivity contribution is -0.190. The summed E-state index contributed by atoms with van der Waals surface area (Å²) in [5.41, 5.74) is -1.65. The lowest BCUT2D eigenvalue weighted by atomic mass is 9.88. The molecule has 2 aliphatic rings. The van der Waals surface area contributed by atoms with Crippen LogP contribution >= 0.6 is 0 Å². The largest absolute Gasteiger partial charge is 0.444 e. The average Bonchev–Trinajstić information content (AvgIpc) is 2.65. The molecule has 3 heterocycles. The number of piperidine rings is 1. The maximum atomic E-state index is 12.8. The smallest absolute Gasteiger partial charge is 0.417 e. The second-order valence-corrected chi connectivity index (χ2v) is 9.14. The van der Waals surface area contributed by atoms with E-state index in [4.69, 9.17) is 9.47 Å². The highest BCUT2D eigenvalue weighted by Gasteiger charge is 2.46. The molecule has 31 heavy (non-hydrogen) atoms. The Kier molecular flexibility index (Phi) is 6.23. The van der Waals surface area contributed by atoms with Crippen molar-refractivity contribution in [3.05, 3.63) is 29.6 Å². The van der Waals surface area contributed by atoms with E-state index in [0.29, 0.717) is 38.2 Å². The van der Waals surface area contributed by atoms with Crippen molar-refractivity contribution in [2.75, 3.05) is 19.6 Å². The number of carbonyl (C=O) groups is 2. The molecular weight excluding hydrogens is 415 g/mol. The highest BCUT2D eigenvalue weighted by Crippen LogP contribution is 2.34. The minimum absolute atomic E-state index is 0.0994. The highest BCUT2D eigenvalue weighted by molar-refractivity contribution is 5.81. The summed E-state index contributed by atoms with van der Waals surface area (Å²) in [6.45, 7) is 8.34. The molecular formula is C21H28F3N3O4. The molecule has 0 saturated carbocycles. The first kappa shape index (κ1) is 23.3. The third kappa shape index (κ3) is 5.66. The van der Waals surface area contributed by atoms with Crippen LogP contribution in [0.1, 0.15) is 51.8 Å². The zero-order valence-corrected chi connectivity index (χ0v) is 18.2. The molecule has 1 aromatic heterocycles. The number of alkyl halides is 3. The number of pyridine rings is 1. The van der Waals surface area contributed by atoms with E-state index in [1.807, 2.05) is 0 Å². The van der Waals surface area contributed by atoms with Crippen molar-refractivity contribution in [2.24, 2.45) is 0 Å². The summed E-state index contributed by atoms with van der Waals surface area (Å²) in [5.74, 6) is -0.234. The molecule has 2 fully saturated rings. The van der Waals surface area contributed by atoms with Gasteiger partial charge in [0, 0.05) is 19.3 Å². The number of carbonyl (C=O) groups excluding carboxylic acids is 2. The van der Waals surface area contributed by atoms with E-state index in [9.17, 15) is 22.8 Å². The molecule has 2 saturated heterocycles. The summed E-state index contributed by atoms with van der Waals surface area (Å²) < 4.78 is 49.7. The number of rotatable bonds is 2. The number of hydrogen-bond acceptors (Lipinski definition) is 5. The van der Waals surface area contributed by atoms with Gasteiger partial charge in [-0.1, -0.05) is 0 Å². The first-order valence-electron chi connectivity index (χ1n) is 10.2. The Bertz CT molecular complexity index is 813. The molecule has 1 spiro atoms. The molecule has 2 amide bonds. The van der Waals surface area contributed by atoms with Crippen LogP contribution < -0.4 is 0 Å². The second-order valence-electron chi connectivity index (χ2n) is 9.14. The molecule has 0 N–H and O–H groups in total. The molecule has 0 bridgehead atoms. The SMILES string of the molecule is CC1OC2(CCN(C(=O)OC(C)(C)C)CC2)CN(Cc2ccc(C(F)(F)F)cn2)C1=O. The molecule has 172 valence electrons. The van der Waals surface area contributed by atoms with Crippen LogP contribution in [0, 0.1) is 0 Å². The van der Waals surface area contributed by atoms with E-state index in [0.717, 1.165) is 12.3 Å². The predicted octanol–water partition coefficient (Wildman–Crippen LogP) is 3.62. The summed E-state index contributed by atoms with van der Waals surface area (Å²) in [7, 11) is 0. The zero-order valence-electron chi connectivity index (χ0n) is 18.2. The molecule has 10 heteroatoms. The van der Waals surface area contributed by atoms with E-state index in [1.165, 1.54) is 6.07 Å². The number of halogens is 3. The van der Waals surface area contributed by atoms with Gasteiger partial charge in [-0.15, -0.1) is 0 Å². The highest BCUT2D eigenvalue weighted by atomic mass is 19.4. The zero-order chi connectivity index (χ0) is 23.0.